The predicted molar refractivity (Wildman–Crippen MR) is 65.5 cm³/mol. The number of halogens is 1. The van der Waals surface area contributed by atoms with Gasteiger partial charge in [-0.05, 0) is 37.6 Å². The van der Waals surface area contributed by atoms with E-state index in [-0.39, 0.29) is 17.8 Å². The van der Waals surface area contributed by atoms with E-state index in [4.69, 9.17) is 0 Å². The average Bonchev–Trinajstić information content (AvgIpc) is 2.38. The summed E-state index contributed by atoms with van der Waals surface area (Å²) in [4.78, 5) is 13.7. The summed E-state index contributed by atoms with van der Waals surface area (Å²) >= 11 is 0. The molecular formula is C13H17FN2O. The number of benzene rings is 1. The van der Waals surface area contributed by atoms with Crippen LogP contribution in [0, 0.1) is 5.82 Å². The Labute approximate surface area is 101 Å². The smallest absolute Gasteiger partial charge is 0.243 e. The molecule has 1 heterocycles. The first kappa shape index (κ1) is 12.0. The Balaban J connectivity index is 2.08. The molecule has 4 heteroatoms. The lowest BCUT2D eigenvalue weighted by Gasteiger charge is -2.27. The van der Waals surface area contributed by atoms with E-state index < -0.39 is 0 Å². The SMILES string of the molecule is CN(C(=O)[C@H]1CCCCN1)c1cccc(F)c1. The van der Waals surface area contributed by atoms with Crippen molar-refractivity contribution in [3.05, 3.63) is 30.1 Å². The van der Waals surface area contributed by atoms with Crippen molar-refractivity contribution in [2.24, 2.45) is 0 Å². The summed E-state index contributed by atoms with van der Waals surface area (Å²) in [5, 5.41) is 3.20. The van der Waals surface area contributed by atoms with Crippen molar-refractivity contribution < 1.29 is 9.18 Å². The van der Waals surface area contributed by atoms with Gasteiger partial charge in [0.25, 0.3) is 0 Å². The number of carbonyl (C=O) groups is 1. The van der Waals surface area contributed by atoms with Crippen LogP contribution in [0.1, 0.15) is 19.3 Å². The van der Waals surface area contributed by atoms with Crippen LogP contribution in [-0.4, -0.2) is 25.5 Å². The highest BCUT2D eigenvalue weighted by Gasteiger charge is 2.24. The summed E-state index contributed by atoms with van der Waals surface area (Å²) in [6, 6.07) is 5.98. The molecule has 1 aliphatic heterocycles. The number of hydrogen-bond donors (Lipinski definition) is 1. The molecule has 0 aliphatic carbocycles. The molecule has 0 radical (unpaired) electrons. The van der Waals surface area contributed by atoms with Gasteiger partial charge in [0.2, 0.25) is 5.91 Å². The molecule has 0 bridgehead atoms. The Kier molecular flexibility index (Phi) is 3.74. The highest BCUT2D eigenvalue weighted by Crippen LogP contribution is 2.17. The van der Waals surface area contributed by atoms with Crippen molar-refractivity contribution >= 4 is 11.6 Å². The van der Waals surface area contributed by atoms with Gasteiger partial charge in [0, 0.05) is 12.7 Å². The first-order valence-corrected chi connectivity index (χ1v) is 5.95. The van der Waals surface area contributed by atoms with Crippen LogP contribution < -0.4 is 10.2 Å². The van der Waals surface area contributed by atoms with E-state index in [1.165, 1.54) is 17.0 Å². The Morgan fingerprint density at radius 1 is 1.47 bits per heavy atom. The minimum atomic E-state index is -0.321. The third-order valence-corrected chi connectivity index (χ3v) is 3.13. The zero-order valence-corrected chi connectivity index (χ0v) is 9.95. The largest absolute Gasteiger partial charge is 0.314 e. The summed E-state index contributed by atoms with van der Waals surface area (Å²) < 4.78 is 13.1. The molecule has 92 valence electrons. The highest BCUT2D eigenvalue weighted by molar-refractivity contribution is 5.96. The van der Waals surface area contributed by atoms with E-state index in [1.54, 1.807) is 19.2 Å². The number of piperidine rings is 1. The van der Waals surface area contributed by atoms with Crippen LogP contribution in [0.3, 0.4) is 0 Å². The summed E-state index contributed by atoms with van der Waals surface area (Å²) in [6.45, 7) is 0.882. The molecule has 1 aromatic rings. The van der Waals surface area contributed by atoms with Crippen molar-refractivity contribution in [2.75, 3.05) is 18.5 Å². The molecule has 1 amide bonds. The van der Waals surface area contributed by atoms with E-state index in [2.05, 4.69) is 5.32 Å². The number of carbonyl (C=O) groups excluding carboxylic acids is 1. The number of hydrogen-bond acceptors (Lipinski definition) is 2. The second kappa shape index (κ2) is 5.27. The van der Waals surface area contributed by atoms with Crippen LogP contribution in [0.25, 0.3) is 0 Å². The molecular weight excluding hydrogens is 219 g/mol. The maximum atomic E-state index is 13.1. The van der Waals surface area contributed by atoms with Gasteiger partial charge in [-0.15, -0.1) is 0 Å². The lowest BCUT2D eigenvalue weighted by molar-refractivity contribution is -0.120. The van der Waals surface area contributed by atoms with Crippen LogP contribution in [0.15, 0.2) is 24.3 Å². The standard InChI is InChI=1S/C13H17FN2O/c1-16(11-6-4-5-10(14)9-11)13(17)12-7-2-3-8-15-12/h4-6,9,12,15H,2-3,7-8H2,1H3/t12-/m1/s1. The normalized spacial score (nSPS) is 20.0. The molecule has 1 N–H and O–H groups in total. The van der Waals surface area contributed by atoms with Gasteiger partial charge in [0.05, 0.1) is 6.04 Å². The fraction of sp³-hybridized carbons (Fsp3) is 0.462. The fourth-order valence-corrected chi connectivity index (χ4v) is 2.11. The van der Waals surface area contributed by atoms with Gasteiger partial charge in [-0.25, -0.2) is 4.39 Å². The minimum Gasteiger partial charge on any atom is -0.314 e. The molecule has 1 saturated heterocycles. The highest BCUT2D eigenvalue weighted by atomic mass is 19.1. The summed E-state index contributed by atoms with van der Waals surface area (Å²) in [7, 11) is 1.69. The quantitative estimate of drug-likeness (QED) is 0.851. The Morgan fingerprint density at radius 3 is 2.94 bits per heavy atom. The second-order valence-corrected chi connectivity index (χ2v) is 4.38. The van der Waals surface area contributed by atoms with Crippen molar-refractivity contribution in [3.8, 4) is 0 Å². The Bertz CT molecular complexity index is 402. The van der Waals surface area contributed by atoms with Gasteiger partial charge >= 0.3 is 0 Å². The molecule has 1 fully saturated rings. The third kappa shape index (κ3) is 2.82. The van der Waals surface area contributed by atoms with E-state index in [0.717, 1.165) is 25.8 Å². The van der Waals surface area contributed by atoms with Crippen molar-refractivity contribution in [3.63, 3.8) is 0 Å². The van der Waals surface area contributed by atoms with E-state index in [1.807, 2.05) is 0 Å². The number of nitrogens with one attached hydrogen (secondary N) is 1. The molecule has 0 spiro atoms. The molecule has 1 atom stereocenters. The zero-order chi connectivity index (χ0) is 12.3. The molecule has 0 saturated carbocycles. The lowest BCUT2D eigenvalue weighted by Crippen LogP contribution is -2.47. The van der Waals surface area contributed by atoms with Crippen LogP contribution >= 0.6 is 0 Å². The van der Waals surface area contributed by atoms with Crippen molar-refractivity contribution in [1.29, 1.82) is 0 Å². The van der Waals surface area contributed by atoms with Crippen LogP contribution in [0.5, 0.6) is 0 Å². The number of rotatable bonds is 2. The van der Waals surface area contributed by atoms with Gasteiger partial charge in [-0.3, -0.25) is 4.79 Å². The molecule has 17 heavy (non-hydrogen) atoms. The van der Waals surface area contributed by atoms with Crippen LogP contribution in [-0.2, 0) is 4.79 Å². The molecule has 0 aromatic heterocycles. The van der Waals surface area contributed by atoms with E-state index in [0.29, 0.717) is 5.69 Å². The fourth-order valence-electron chi connectivity index (χ4n) is 2.11. The number of likely N-dealkylation sites (N-methyl/N-ethyl adjacent to an activating group) is 1. The molecule has 0 unspecified atom stereocenters. The maximum absolute atomic E-state index is 13.1. The average molecular weight is 236 g/mol. The molecule has 3 nitrogen and oxygen atoms in total. The summed E-state index contributed by atoms with van der Waals surface area (Å²) in [5.41, 5.74) is 0.599. The first-order valence-electron chi connectivity index (χ1n) is 5.95. The van der Waals surface area contributed by atoms with Crippen molar-refractivity contribution in [2.45, 2.75) is 25.3 Å². The van der Waals surface area contributed by atoms with Gasteiger partial charge in [-0.1, -0.05) is 12.5 Å². The minimum absolute atomic E-state index is 0.00954. The first-order chi connectivity index (χ1) is 8.18. The summed E-state index contributed by atoms with van der Waals surface area (Å²) in [6.07, 6.45) is 3.05. The molecule has 1 aliphatic rings. The van der Waals surface area contributed by atoms with E-state index in [9.17, 15) is 9.18 Å². The van der Waals surface area contributed by atoms with Gasteiger partial charge in [0.1, 0.15) is 5.82 Å². The van der Waals surface area contributed by atoms with Crippen LogP contribution in [0.4, 0.5) is 10.1 Å². The van der Waals surface area contributed by atoms with Crippen LogP contribution in [0.2, 0.25) is 0 Å². The maximum Gasteiger partial charge on any atom is 0.243 e. The lowest BCUT2D eigenvalue weighted by atomic mass is 10.0. The number of anilines is 1. The van der Waals surface area contributed by atoms with Gasteiger partial charge in [-0.2, -0.15) is 0 Å². The Hall–Kier alpha value is -1.42. The zero-order valence-electron chi connectivity index (χ0n) is 9.95. The van der Waals surface area contributed by atoms with Crippen molar-refractivity contribution in [1.82, 2.24) is 5.32 Å². The summed E-state index contributed by atoms with van der Waals surface area (Å²) in [5.74, 6) is -0.311. The predicted octanol–water partition coefficient (Wildman–Crippen LogP) is 1.93. The topological polar surface area (TPSA) is 32.3 Å². The second-order valence-electron chi connectivity index (χ2n) is 4.38. The van der Waals surface area contributed by atoms with E-state index >= 15 is 0 Å². The van der Waals surface area contributed by atoms with Gasteiger partial charge in [0.15, 0.2) is 0 Å². The Morgan fingerprint density at radius 2 is 2.29 bits per heavy atom. The monoisotopic (exact) mass is 236 g/mol. The molecule has 2 rings (SSSR count). The molecule has 1 aromatic carbocycles. The van der Waals surface area contributed by atoms with Gasteiger partial charge < -0.3 is 10.2 Å². The number of nitrogens with zero attached hydrogens (tertiary/aromatic N) is 1. The third-order valence-electron chi connectivity index (χ3n) is 3.13. The number of amides is 1.